The van der Waals surface area contributed by atoms with Crippen LogP contribution in [-0.2, 0) is 6.61 Å². The van der Waals surface area contributed by atoms with E-state index < -0.39 is 12.6 Å². The van der Waals surface area contributed by atoms with Crippen LogP contribution in [0.5, 0.6) is 11.5 Å². The molecular formula is C30H27ClF2IN3O5. The number of aromatic nitrogens is 2. The molecule has 2 aromatic heterocycles. The number of pyridine rings is 1. The third-order valence-electron chi connectivity index (χ3n) is 6.90. The topological polar surface area (TPSA) is 97.9 Å². The molecule has 0 bridgehead atoms. The lowest BCUT2D eigenvalue weighted by molar-refractivity contribution is -0.0494. The average molecular weight is 710 g/mol. The molecule has 0 aliphatic heterocycles. The fourth-order valence-electron chi connectivity index (χ4n) is 4.58. The number of likely N-dealkylation sites (N-methyl/N-ethyl adjacent to an activating group) is 1. The third-order valence-corrected chi connectivity index (χ3v) is 8.29. The van der Waals surface area contributed by atoms with E-state index in [9.17, 15) is 13.6 Å². The van der Waals surface area contributed by atoms with E-state index in [4.69, 9.17) is 30.7 Å². The normalized spacial score (nSPS) is 13.7. The van der Waals surface area contributed by atoms with Gasteiger partial charge < -0.3 is 24.0 Å². The van der Waals surface area contributed by atoms with Gasteiger partial charge in [-0.25, -0.2) is 9.78 Å². The second kappa shape index (κ2) is 13.2. The first kappa shape index (κ1) is 30.0. The minimum Gasteiger partial charge on any atom is -0.489 e. The number of anilines is 1. The molecule has 2 aromatic carbocycles. The Labute approximate surface area is 259 Å². The van der Waals surface area contributed by atoms with Crippen molar-refractivity contribution in [3.63, 3.8) is 0 Å². The number of carboxylic acids is 1. The number of para-hydroxylation sites is 1. The van der Waals surface area contributed by atoms with Crippen LogP contribution < -0.4 is 14.4 Å². The van der Waals surface area contributed by atoms with E-state index >= 15 is 0 Å². The van der Waals surface area contributed by atoms with E-state index in [0.29, 0.717) is 52.3 Å². The highest BCUT2D eigenvalue weighted by atomic mass is 127. The molecule has 1 aliphatic carbocycles. The lowest BCUT2D eigenvalue weighted by atomic mass is 10.0. The van der Waals surface area contributed by atoms with Crippen molar-refractivity contribution in [3.8, 4) is 22.8 Å². The van der Waals surface area contributed by atoms with Crippen LogP contribution in [0.4, 0.5) is 14.6 Å². The predicted octanol–water partition coefficient (Wildman–Crippen LogP) is 8.15. The van der Waals surface area contributed by atoms with Crippen LogP contribution in [0, 0.1) is 0 Å². The molecule has 1 atom stereocenters. The number of carboxylic acid groups (broad SMARTS) is 1. The Kier molecular flexibility index (Phi) is 9.47. The molecule has 2 heterocycles. The SMILES string of the molecule is CCN(CC(I)c1ccc(OCc2c(-c3ccccc3OC(F)F)noc2C2CC2)cc1Cl)c1ccc(C(=O)O)cn1. The number of hydrogen-bond donors (Lipinski definition) is 1. The summed E-state index contributed by atoms with van der Waals surface area (Å²) in [5.41, 5.74) is 2.55. The standard InChI is InChI=1S/C30H27ClF2IN3O5/c1-2-37(26-12-9-18(14-35-26)29(38)39)15-24(34)20-11-10-19(13-23(20)31)40-16-22-27(36-42-28(22)17-7-8-17)21-5-3-4-6-25(21)41-30(32)33/h3-6,9-14,17,24,30H,2,7-8,15-16H2,1H3,(H,38,39). The minimum absolute atomic E-state index is 0.00234. The van der Waals surface area contributed by atoms with Crippen LogP contribution in [0.25, 0.3) is 11.3 Å². The molecular weight excluding hydrogens is 683 g/mol. The van der Waals surface area contributed by atoms with Gasteiger partial charge in [-0.05, 0) is 61.7 Å². The summed E-state index contributed by atoms with van der Waals surface area (Å²) in [7, 11) is 0. The van der Waals surface area contributed by atoms with E-state index in [1.807, 2.05) is 24.0 Å². The summed E-state index contributed by atoms with van der Waals surface area (Å²) in [6, 6.07) is 15.2. The summed E-state index contributed by atoms with van der Waals surface area (Å²) in [4.78, 5) is 17.5. The molecule has 0 spiro atoms. The van der Waals surface area contributed by atoms with Gasteiger partial charge in [0.25, 0.3) is 0 Å². The van der Waals surface area contributed by atoms with Crippen LogP contribution in [0.2, 0.25) is 5.02 Å². The number of ether oxygens (including phenoxy) is 2. The molecule has 12 heteroatoms. The van der Waals surface area contributed by atoms with Gasteiger partial charge >= 0.3 is 12.6 Å². The van der Waals surface area contributed by atoms with Crippen molar-refractivity contribution in [1.29, 1.82) is 0 Å². The molecule has 220 valence electrons. The number of aromatic carboxylic acids is 1. The van der Waals surface area contributed by atoms with Gasteiger partial charge in [0.05, 0.1) is 15.1 Å². The molecule has 1 fully saturated rings. The molecule has 0 amide bonds. The van der Waals surface area contributed by atoms with E-state index in [1.54, 1.807) is 30.3 Å². The lowest BCUT2D eigenvalue weighted by Crippen LogP contribution is -2.27. The maximum Gasteiger partial charge on any atom is 0.387 e. The number of alkyl halides is 3. The van der Waals surface area contributed by atoms with Gasteiger partial charge in [0.2, 0.25) is 0 Å². The maximum atomic E-state index is 13.0. The van der Waals surface area contributed by atoms with Gasteiger partial charge in [-0.1, -0.05) is 57.5 Å². The third kappa shape index (κ3) is 6.95. The fraction of sp³-hybridized carbons (Fsp3) is 0.300. The van der Waals surface area contributed by atoms with Crippen molar-refractivity contribution >= 4 is 46.0 Å². The van der Waals surface area contributed by atoms with Crippen molar-refractivity contribution in [3.05, 3.63) is 88.3 Å². The van der Waals surface area contributed by atoms with Gasteiger partial charge in [0.1, 0.15) is 35.4 Å². The Morgan fingerprint density at radius 1 is 1.21 bits per heavy atom. The second-order valence-electron chi connectivity index (χ2n) is 9.71. The number of halogens is 4. The Hall–Kier alpha value is -3.45. The largest absolute Gasteiger partial charge is 0.489 e. The summed E-state index contributed by atoms with van der Waals surface area (Å²) in [6.45, 7) is 0.417. The van der Waals surface area contributed by atoms with Crippen molar-refractivity contribution in [2.45, 2.75) is 42.8 Å². The summed E-state index contributed by atoms with van der Waals surface area (Å²) in [5, 5.41) is 13.9. The number of hydrogen-bond acceptors (Lipinski definition) is 7. The zero-order chi connectivity index (χ0) is 29.8. The average Bonchev–Trinajstić information content (AvgIpc) is 3.73. The number of benzene rings is 2. The summed E-state index contributed by atoms with van der Waals surface area (Å²) < 4.78 is 42.6. The Morgan fingerprint density at radius 2 is 2.00 bits per heavy atom. The molecule has 1 unspecified atom stereocenters. The van der Waals surface area contributed by atoms with E-state index in [1.165, 1.54) is 18.3 Å². The summed E-state index contributed by atoms with van der Waals surface area (Å²) in [5.74, 6) is 1.12. The van der Waals surface area contributed by atoms with Crippen LogP contribution in [-0.4, -0.2) is 40.9 Å². The Balaban J connectivity index is 1.31. The molecule has 5 rings (SSSR count). The van der Waals surface area contributed by atoms with E-state index in [2.05, 4.69) is 32.7 Å². The van der Waals surface area contributed by atoms with Crippen molar-refractivity contribution < 1.29 is 32.7 Å². The number of rotatable bonds is 13. The maximum absolute atomic E-state index is 13.0. The fourth-order valence-corrected chi connectivity index (χ4v) is 6.09. The number of nitrogens with zero attached hydrogens (tertiary/aromatic N) is 3. The lowest BCUT2D eigenvalue weighted by Gasteiger charge is -2.25. The smallest absolute Gasteiger partial charge is 0.387 e. The molecule has 1 N–H and O–H groups in total. The second-order valence-corrected chi connectivity index (χ2v) is 11.6. The van der Waals surface area contributed by atoms with Crippen LogP contribution in [0.3, 0.4) is 0 Å². The highest BCUT2D eigenvalue weighted by molar-refractivity contribution is 14.1. The van der Waals surface area contributed by atoms with Gasteiger partial charge in [-0.2, -0.15) is 8.78 Å². The van der Waals surface area contributed by atoms with Gasteiger partial charge in [0.15, 0.2) is 0 Å². The quantitative estimate of drug-likeness (QED) is 0.110. The van der Waals surface area contributed by atoms with Gasteiger partial charge in [-0.15, -0.1) is 0 Å². The molecule has 1 saturated carbocycles. The van der Waals surface area contributed by atoms with Crippen LogP contribution >= 0.6 is 34.2 Å². The number of carbonyl (C=O) groups is 1. The highest BCUT2D eigenvalue weighted by Crippen LogP contribution is 2.45. The first-order valence-corrected chi connectivity index (χ1v) is 14.9. The van der Waals surface area contributed by atoms with Crippen molar-refractivity contribution in [2.75, 3.05) is 18.0 Å². The molecule has 4 aromatic rings. The highest BCUT2D eigenvalue weighted by Gasteiger charge is 2.33. The summed E-state index contributed by atoms with van der Waals surface area (Å²) in [6.07, 6.45) is 3.27. The van der Waals surface area contributed by atoms with E-state index in [-0.39, 0.29) is 27.8 Å². The molecule has 1 aliphatic rings. The molecule has 8 nitrogen and oxygen atoms in total. The summed E-state index contributed by atoms with van der Waals surface area (Å²) >= 11 is 9.02. The molecule has 0 radical (unpaired) electrons. The molecule has 0 saturated heterocycles. The van der Waals surface area contributed by atoms with Crippen LogP contribution in [0.1, 0.15) is 56.9 Å². The van der Waals surface area contributed by atoms with E-state index in [0.717, 1.165) is 18.4 Å². The van der Waals surface area contributed by atoms with Crippen molar-refractivity contribution in [2.24, 2.45) is 0 Å². The van der Waals surface area contributed by atoms with Gasteiger partial charge in [-0.3, -0.25) is 0 Å². The van der Waals surface area contributed by atoms with Crippen molar-refractivity contribution in [1.82, 2.24) is 10.1 Å². The zero-order valence-corrected chi connectivity index (χ0v) is 25.4. The minimum atomic E-state index is -2.97. The Bertz CT molecular complexity index is 1550. The zero-order valence-electron chi connectivity index (χ0n) is 22.5. The van der Waals surface area contributed by atoms with Gasteiger partial charge in [0, 0.05) is 35.8 Å². The Morgan fingerprint density at radius 3 is 2.64 bits per heavy atom. The van der Waals surface area contributed by atoms with Crippen LogP contribution in [0.15, 0.2) is 65.3 Å². The predicted molar refractivity (Wildman–Crippen MR) is 162 cm³/mol. The monoisotopic (exact) mass is 709 g/mol. The molecule has 42 heavy (non-hydrogen) atoms. The first-order valence-electron chi connectivity index (χ1n) is 13.3. The first-order chi connectivity index (χ1) is 20.2.